The lowest BCUT2D eigenvalue weighted by molar-refractivity contribution is -0.128. The van der Waals surface area contributed by atoms with E-state index >= 15 is 0 Å². The first kappa shape index (κ1) is 14.7. The van der Waals surface area contributed by atoms with E-state index in [2.05, 4.69) is 29.1 Å². The van der Waals surface area contributed by atoms with Crippen LogP contribution in [-0.2, 0) is 4.74 Å². The second kappa shape index (κ2) is 5.89. The summed E-state index contributed by atoms with van der Waals surface area (Å²) in [7, 11) is 2.20. The van der Waals surface area contributed by atoms with E-state index in [0.29, 0.717) is 19.3 Å². The first-order valence-electron chi connectivity index (χ1n) is 8.05. The molecule has 5 heteroatoms. The van der Waals surface area contributed by atoms with E-state index in [4.69, 9.17) is 4.74 Å². The minimum absolute atomic E-state index is 0.0423. The van der Waals surface area contributed by atoms with Crippen LogP contribution in [-0.4, -0.2) is 72.7 Å². The van der Waals surface area contributed by atoms with Gasteiger partial charge in [0.2, 0.25) is 0 Å². The van der Waals surface area contributed by atoms with E-state index in [1.54, 1.807) is 0 Å². The smallest absolute Gasteiger partial charge is 0.163 e. The normalized spacial score (nSPS) is 34.0. The van der Waals surface area contributed by atoms with Gasteiger partial charge in [0.15, 0.2) is 6.35 Å². The molecule has 0 aromatic rings. The zero-order valence-corrected chi connectivity index (χ0v) is 12.8. The molecule has 0 spiro atoms. The van der Waals surface area contributed by atoms with Crippen molar-refractivity contribution in [2.24, 2.45) is 5.92 Å². The van der Waals surface area contributed by atoms with Crippen molar-refractivity contribution in [1.29, 1.82) is 0 Å². The third-order valence-corrected chi connectivity index (χ3v) is 5.28. The molecule has 2 atom stereocenters. The molecular formula is C15H29N3O2. The van der Waals surface area contributed by atoms with E-state index in [0.717, 1.165) is 12.5 Å². The summed E-state index contributed by atoms with van der Waals surface area (Å²) in [4.78, 5) is 4.71. The van der Waals surface area contributed by atoms with Gasteiger partial charge in [-0.3, -0.25) is 10.2 Å². The average Bonchev–Trinajstić information content (AvgIpc) is 2.87. The van der Waals surface area contributed by atoms with Crippen molar-refractivity contribution in [3.8, 4) is 0 Å². The summed E-state index contributed by atoms with van der Waals surface area (Å²) < 4.78 is 5.26. The van der Waals surface area contributed by atoms with Crippen LogP contribution >= 0.6 is 0 Å². The Hall–Kier alpha value is -0.200. The molecule has 0 radical (unpaired) electrons. The molecule has 2 N–H and O–H groups in total. The standard InChI is InChI=1S/C15H29N3O2/c1-15(10-20-11-15)16-14(19)18-7-3-4-13(18)12-5-8-17(2)9-6-12/h12-14,16,19H,3-11H2,1-2H3/t13-,14?/m0/s1. The van der Waals surface area contributed by atoms with Crippen LogP contribution in [0.4, 0.5) is 0 Å². The Labute approximate surface area is 122 Å². The van der Waals surface area contributed by atoms with E-state index < -0.39 is 6.35 Å². The van der Waals surface area contributed by atoms with Crippen LogP contribution in [0.1, 0.15) is 32.6 Å². The minimum Gasteiger partial charge on any atom is -0.377 e. The number of piperidine rings is 1. The van der Waals surface area contributed by atoms with E-state index in [1.807, 2.05) is 0 Å². The molecule has 3 saturated heterocycles. The molecule has 5 nitrogen and oxygen atoms in total. The maximum absolute atomic E-state index is 10.6. The lowest BCUT2D eigenvalue weighted by Gasteiger charge is -2.44. The maximum atomic E-state index is 10.6. The topological polar surface area (TPSA) is 48.0 Å². The fourth-order valence-corrected chi connectivity index (χ4v) is 3.92. The SMILES string of the molecule is CN1CCC([C@@H]2CCCN2C(O)NC2(C)COC2)CC1. The Morgan fingerprint density at radius 1 is 1.20 bits per heavy atom. The average molecular weight is 283 g/mol. The molecule has 1 unspecified atom stereocenters. The number of aliphatic hydroxyl groups excluding tert-OH is 1. The van der Waals surface area contributed by atoms with Gasteiger partial charge < -0.3 is 14.7 Å². The molecule has 116 valence electrons. The molecule has 0 saturated carbocycles. The highest BCUT2D eigenvalue weighted by atomic mass is 16.5. The number of hydrogen-bond acceptors (Lipinski definition) is 5. The van der Waals surface area contributed by atoms with Gasteiger partial charge in [-0.15, -0.1) is 0 Å². The monoisotopic (exact) mass is 283 g/mol. The number of nitrogens with zero attached hydrogens (tertiary/aromatic N) is 2. The van der Waals surface area contributed by atoms with Crippen molar-refractivity contribution < 1.29 is 9.84 Å². The summed E-state index contributed by atoms with van der Waals surface area (Å²) in [6.07, 6.45) is 4.47. The van der Waals surface area contributed by atoms with Crippen molar-refractivity contribution in [1.82, 2.24) is 15.1 Å². The Bertz CT molecular complexity index is 327. The Morgan fingerprint density at radius 3 is 2.50 bits per heavy atom. The van der Waals surface area contributed by atoms with Gasteiger partial charge in [-0.05, 0) is 58.7 Å². The third-order valence-electron chi connectivity index (χ3n) is 5.28. The molecule has 0 aromatic carbocycles. The maximum Gasteiger partial charge on any atom is 0.163 e. The van der Waals surface area contributed by atoms with Gasteiger partial charge in [-0.25, -0.2) is 0 Å². The van der Waals surface area contributed by atoms with Gasteiger partial charge in [0.05, 0.1) is 18.8 Å². The van der Waals surface area contributed by atoms with Gasteiger partial charge in [0.1, 0.15) is 0 Å². The predicted molar refractivity (Wildman–Crippen MR) is 78.3 cm³/mol. The summed E-state index contributed by atoms with van der Waals surface area (Å²) in [6.45, 7) is 6.95. The zero-order chi connectivity index (χ0) is 14.2. The molecule has 0 bridgehead atoms. The number of aliphatic hydroxyl groups is 1. The summed E-state index contributed by atoms with van der Waals surface area (Å²) in [6, 6.07) is 0.552. The van der Waals surface area contributed by atoms with E-state index in [1.165, 1.54) is 38.8 Å². The summed E-state index contributed by atoms with van der Waals surface area (Å²) in [5.41, 5.74) is -0.0423. The predicted octanol–water partition coefficient (Wildman–Crippen LogP) is 0.447. The van der Waals surface area contributed by atoms with Gasteiger partial charge >= 0.3 is 0 Å². The summed E-state index contributed by atoms with van der Waals surface area (Å²) in [5.74, 6) is 0.746. The van der Waals surface area contributed by atoms with Crippen LogP contribution in [0.2, 0.25) is 0 Å². The number of hydrogen-bond donors (Lipinski definition) is 2. The summed E-state index contributed by atoms with van der Waals surface area (Å²) in [5, 5.41) is 13.9. The van der Waals surface area contributed by atoms with Gasteiger partial charge in [0.25, 0.3) is 0 Å². The molecule has 0 amide bonds. The third kappa shape index (κ3) is 3.02. The second-order valence-corrected chi connectivity index (χ2v) is 7.16. The van der Waals surface area contributed by atoms with Crippen LogP contribution < -0.4 is 5.32 Å². The van der Waals surface area contributed by atoms with Crippen LogP contribution in [0.25, 0.3) is 0 Å². The first-order valence-corrected chi connectivity index (χ1v) is 8.05. The van der Waals surface area contributed by atoms with Crippen molar-refractivity contribution in [3.05, 3.63) is 0 Å². The molecule has 0 aromatic heterocycles. The van der Waals surface area contributed by atoms with Crippen molar-refractivity contribution in [2.45, 2.75) is 50.5 Å². The Balaban J connectivity index is 1.57. The van der Waals surface area contributed by atoms with Crippen LogP contribution in [0.15, 0.2) is 0 Å². The molecule has 3 aliphatic rings. The Kier molecular flexibility index (Phi) is 4.34. The zero-order valence-electron chi connectivity index (χ0n) is 12.8. The molecule has 0 aliphatic carbocycles. The fourth-order valence-electron chi connectivity index (χ4n) is 3.92. The highest BCUT2D eigenvalue weighted by Gasteiger charge is 2.41. The van der Waals surface area contributed by atoms with E-state index in [9.17, 15) is 5.11 Å². The first-order chi connectivity index (χ1) is 9.57. The fraction of sp³-hybridized carbons (Fsp3) is 1.00. The van der Waals surface area contributed by atoms with Crippen molar-refractivity contribution in [2.75, 3.05) is 39.9 Å². The minimum atomic E-state index is -0.518. The van der Waals surface area contributed by atoms with Gasteiger partial charge in [-0.2, -0.15) is 0 Å². The van der Waals surface area contributed by atoms with Gasteiger partial charge in [-0.1, -0.05) is 0 Å². The quantitative estimate of drug-likeness (QED) is 0.734. The Morgan fingerprint density at radius 2 is 1.90 bits per heavy atom. The van der Waals surface area contributed by atoms with Crippen molar-refractivity contribution >= 4 is 0 Å². The lowest BCUT2D eigenvalue weighted by atomic mass is 9.88. The molecule has 3 aliphatic heterocycles. The highest BCUT2D eigenvalue weighted by molar-refractivity contribution is 4.93. The van der Waals surface area contributed by atoms with Crippen LogP contribution in [0.3, 0.4) is 0 Å². The van der Waals surface area contributed by atoms with Crippen molar-refractivity contribution in [3.63, 3.8) is 0 Å². The van der Waals surface area contributed by atoms with E-state index in [-0.39, 0.29) is 5.54 Å². The number of likely N-dealkylation sites (tertiary alicyclic amines) is 2. The molecule has 3 fully saturated rings. The molecular weight excluding hydrogens is 254 g/mol. The molecule has 20 heavy (non-hydrogen) atoms. The second-order valence-electron chi connectivity index (χ2n) is 7.16. The lowest BCUT2D eigenvalue weighted by Crippen LogP contribution is -2.65. The largest absolute Gasteiger partial charge is 0.377 e. The number of nitrogens with one attached hydrogen (secondary N) is 1. The number of rotatable bonds is 4. The van der Waals surface area contributed by atoms with Crippen LogP contribution in [0.5, 0.6) is 0 Å². The highest BCUT2D eigenvalue weighted by Crippen LogP contribution is 2.32. The van der Waals surface area contributed by atoms with Gasteiger partial charge in [0, 0.05) is 12.6 Å². The summed E-state index contributed by atoms with van der Waals surface area (Å²) >= 11 is 0. The molecule has 3 heterocycles. The number of ether oxygens (including phenoxy) is 1. The van der Waals surface area contributed by atoms with Crippen LogP contribution in [0, 0.1) is 5.92 Å². The molecule has 3 rings (SSSR count).